The largest absolute Gasteiger partial charge is 0.494 e. The molecule has 0 spiro atoms. The van der Waals surface area contributed by atoms with E-state index in [1.807, 2.05) is 55.5 Å². The molecule has 1 unspecified atom stereocenters. The Morgan fingerprint density at radius 1 is 0.935 bits per heavy atom. The maximum atomic E-state index is 13.1. The molecule has 6 heteroatoms. The molecule has 31 heavy (non-hydrogen) atoms. The normalized spacial score (nSPS) is 11.5. The first-order chi connectivity index (χ1) is 15.0. The van der Waals surface area contributed by atoms with Crippen molar-refractivity contribution in [3.63, 3.8) is 0 Å². The predicted molar refractivity (Wildman–Crippen MR) is 124 cm³/mol. The number of Topliss-reactive ketones (excluding diaryl/α,β-unsaturated/α-hetero) is 1. The minimum atomic E-state index is -0.240. The number of anilines is 1. The topological polar surface area (TPSA) is 56.8 Å². The second-order valence-electron chi connectivity index (χ2n) is 6.90. The molecule has 0 bridgehead atoms. The molecule has 5 nitrogen and oxygen atoms in total. The Kier molecular flexibility index (Phi) is 7.79. The number of methoxy groups -OCH3 is 2. The molecular formula is C25H26ClNO4. The summed E-state index contributed by atoms with van der Waals surface area (Å²) in [7, 11) is 3.12. The summed E-state index contributed by atoms with van der Waals surface area (Å²) in [5.74, 6) is 1.90. The number of nitrogens with one attached hydrogen (secondary N) is 1. The average molecular weight is 440 g/mol. The van der Waals surface area contributed by atoms with Crippen molar-refractivity contribution >= 4 is 23.1 Å². The number of hydrogen-bond acceptors (Lipinski definition) is 5. The van der Waals surface area contributed by atoms with Crippen LogP contribution in [0.4, 0.5) is 5.69 Å². The monoisotopic (exact) mass is 439 g/mol. The van der Waals surface area contributed by atoms with Gasteiger partial charge in [-0.05, 0) is 67.1 Å². The van der Waals surface area contributed by atoms with Crippen molar-refractivity contribution in [3.8, 4) is 17.2 Å². The van der Waals surface area contributed by atoms with Crippen LogP contribution in [0, 0.1) is 0 Å². The molecule has 0 saturated carbocycles. The van der Waals surface area contributed by atoms with Gasteiger partial charge in [-0.25, -0.2) is 0 Å². The zero-order valence-electron chi connectivity index (χ0n) is 17.9. The number of rotatable bonds is 10. The second kappa shape index (κ2) is 10.7. The quantitative estimate of drug-likeness (QED) is 0.382. The lowest BCUT2D eigenvalue weighted by atomic mass is 9.97. The molecule has 0 saturated heterocycles. The van der Waals surface area contributed by atoms with Crippen molar-refractivity contribution < 1.29 is 19.0 Å². The Morgan fingerprint density at radius 2 is 1.61 bits per heavy atom. The number of ether oxygens (including phenoxy) is 3. The second-order valence-corrected chi connectivity index (χ2v) is 7.34. The molecule has 162 valence electrons. The number of benzene rings is 3. The highest BCUT2D eigenvalue weighted by Crippen LogP contribution is 2.31. The highest BCUT2D eigenvalue weighted by Gasteiger charge is 2.19. The van der Waals surface area contributed by atoms with Gasteiger partial charge in [0.2, 0.25) is 0 Å². The summed E-state index contributed by atoms with van der Waals surface area (Å²) in [5, 5.41) is 4.11. The zero-order chi connectivity index (χ0) is 22.2. The fraction of sp³-hybridized carbons (Fsp3) is 0.240. The molecule has 0 aliphatic carbocycles. The molecule has 3 rings (SSSR count). The van der Waals surface area contributed by atoms with Gasteiger partial charge in [-0.1, -0.05) is 23.7 Å². The summed E-state index contributed by atoms with van der Waals surface area (Å²) < 4.78 is 16.1. The summed E-state index contributed by atoms with van der Waals surface area (Å²) in [6.07, 6.45) is 0.254. The maximum absolute atomic E-state index is 13.1. The lowest BCUT2D eigenvalue weighted by Crippen LogP contribution is -2.16. The van der Waals surface area contributed by atoms with Gasteiger partial charge in [-0.15, -0.1) is 0 Å². The third-order valence-electron chi connectivity index (χ3n) is 4.87. The summed E-state index contributed by atoms with van der Waals surface area (Å²) in [4.78, 5) is 13.1. The molecule has 0 aliphatic rings. The Bertz CT molecular complexity index is 1000. The van der Waals surface area contributed by atoms with Crippen molar-refractivity contribution in [3.05, 3.63) is 82.9 Å². The third-order valence-corrected chi connectivity index (χ3v) is 5.13. The van der Waals surface area contributed by atoms with Gasteiger partial charge in [0, 0.05) is 22.7 Å². The minimum Gasteiger partial charge on any atom is -0.494 e. The van der Waals surface area contributed by atoms with Gasteiger partial charge < -0.3 is 19.5 Å². The Balaban J connectivity index is 1.84. The highest BCUT2D eigenvalue weighted by atomic mass is 35.5. The summed E-state index contributed by atoms with van der Waals surface area (Å²) in [5.41, 5.74) is 2.42. The van der Waals surface area contributed by atoms with Crippen molar-refractivity contribution in [1.29, 1.82) is 0 Å². The number of ketones is 1. The standard InChI is InChI=1S/C25H26ClNO4/c1-4-31-21-12-10-20(11-13-21)27-22(17-5-8-19(26)9-6-17)16-23(28)18-7-14-24(29-2)25(15-18)30-3/h5-15,22,27H,4,16H2,1-3H3. The third kappa shape index (κ3) is 5.92. The Hall–Kier alpha value is -3.18. The van der Waals surface area contributed by atoms with Crippen LogP contribution in [0.15, 0.2) is 66.7 Å². The van der Waals surface area contributed by atoms with Gasteiger partial charge in [0.15, 0.2) is 17.3 Å². The van der Waals surface area contributed by atoms with Crippen LogP contribution in [0.5, 0.6) is 17.2 Å². The number of hydrogen-bond donors (Lipinski definition) is 1. The average Bonchev–Trinajstić information content (AvgIpc) is 2.80. The molecule has 0 heterocycles. The van der Waals surface area contributed by atoms with Crippen molar-refractivity contribution in [2.45, 2.75) is 19.4 Å². The Morgan fingerprint density at radius 3 is 2.23 bits per heavy atom. The van der Waals surface area contributed by atoms with E-state index < -0.39 is 0 Å². The predicted octanol–water partition coefficient (Wildman–Crippen LogP) is 6.18. The lowest BCUT2D eigenvalue weighted by Gasteiger charge is -2.21. The molecule has 0 aromatic heterocycles. The van der Waals surface area contributed by atoms with E-state index in [0.29, 0.717) is 28.7 Å². The molecular weight excluding hydrogens is 414 g/mol. The molecule has 1 N–H and O–H groups in total. The molecule has 0 fully saturated rings. The summed E-state index contributed by atoms with van der Waals surface area (Å²) in [6, 6.07) is 20.1. The van der Waals surface area contributed by atoms with Gasteiger partial charge in [0.1, 0.15) is 5.75 Å². The van der Waals surface area contributed by atoms with E-state index in [-0.39, 0.29) is 18.2 Å². The van der Waals surface area contributed by atoms with Crippen molar-refractivity contribution in [1.82, 2.24) is 0 Å². The smallest absolute Gasteiger partial charge is 0.165 e. The highest BCUT2D eigenvalue weighted by molar-refractivity contribution is 6.30. The first-order valence-electron chi connectivity index (χ1n) is 10.0. The molecule has 0 aliphatic heterocycles. The van der Waals surface area contributed by atoms with E-state index in [4.69, 9.17) is 25.8 Å². The van der Waals surface area contributed by atoms with Gasteiger partial charge in [0.05, 0.1) is 26.9 Å². The number of carbonyl (C=O) groups is 1. The van der Waals surface area contributed by atoms with E-state index in [2.05, 4.69) is 5.32 Å². The van der Waals surface area contributed by atoms with E-state index >= 15 is 0 Å². The van der Waals surface area contributed by atoms with Crippen LogP contribution in [0.2, 0.25) is 5.02 Å². The minimum absolute atomic E-state index is 0.0145. The fourth-order valence-electron chi connectivity index (χ4n) is 3.28. The fourth-order valence-corrected chi connectivity index (χ4v) is 3.40. The summed E-state index contributed by atoms with van der Waals surface area (Å²) >= 11 is 6.06. The van der Waals surface area contributed by atoms with Crippen LogP contribution >= 0.6 is 11.6 Å². The van der Waals surface area contributed by atoms with Crippen LogP contribution in [0.3, 0.4) is 0 Å². The SMILES string of the molecule is CCOc1ccc(NC(CC(=O)c2ccc(OC)c(OC)c2)c2ccc(Cl)cc2)cc1. The van der Waals surface area contributed by atoms with E-state index in [0.717, 1.165) is 17.0 Å². The van der Waals surface area contributed by atoms with E-state index in [1.54, 1.807) is 32.4 Å². The van der Waals surface area contributed by atoms with Crippen LogP contribution in [0.1, 0.15) is 35.3 Å². The number of carbonyl (C=O) groups excluding carboxylic acids is 1. The van der Waals surface area contributed by atoms with Crippen molar-refractivity contribution in [2.24, 2.45) is 0 Å². The van der Waals surface area contributed by atoms with Crippen LogP contribution < -0.4 is 19.5 Å². The first kappa shape index (κ1) is 22.5. The molecule has 0 amide bonds. The maximum Gasteiger partial charge on any atom is 0.165 e. The lowest BCUT2D eigenvalue weighted by molar-refractivity contribution is 0.0976. The van der Waals surface area contributed by atoms with Crippen molar-refractivity contribution in [2.75, 3.05) is 26.1 Å². The zero-order valence-corrected chi connectivity index (χ0v) is 18.6. The summed E-state index contributed by atoms with van der Waals surface area (Å²) in [6.45, 7) is 2.56. The first-order valence-corrected chi connectivity index (χ1v) is 10.4. The van der Waals surface area contributed by atoms with Gasteiger partial charge in [-0.2, -0.15) is 0 Å². The van der Waals surface area contributed by atoms with Gasteiger partial charge in [0.25, 0.3) is 0 Å². The van der Waals surface area contributed by atoms with Crippen LogP contribution in [-0.2, 0) is 0 Å². The van der Waals surface area contributed by atoms with Gasteiger partial charge in [-0.3, -0.25) is 4.79 Å². The Labute approximate surface area is 187 Å². The molecule has 3 aromatic carbocycles. The molecule has 0 radical (unpaired) electrons. The van der Waals surface area contributed by atoms with E-state index in [1.165, 1.54) is 0 Å². The van der Waals surface area contributed by atoms with Crippen LogP contribution in [-0.4, -0.2) is 26.6 Å². The molecule has 1 atom stereocenters. The number of halogens is 1. The van der Waals surface area contributed by atoms with Gasteiger partial charge >= 0.3 is 0 Å². The van der Waals surface area contributed by atoms with Crippen LogP contribution in [0.25, 0.3) is 0 Å². The van der Waals surface area contributed by atoms with E-state index in [9.17, 15) is 4.79 Å². The molecule has 3 aromatic rings.